The van der Waals surface area contributed by atoms with Crippen LogP contribution in [0.1, 0.15) is 38.0 Å². The van der Waals surface area contributed by atoms with E-state index in [1.165, 1.54) is 29.2 Å². The van der Waals surface area contributed by atoms with Crippen molar-refractivity contribution in [2.75, 3.05) is 6.79 Å². The van der Waals surface area contributed by atoms with E-state index in [2.05, 4.69) is 20.5 Å². The highest BCUT2D eigenvalue weighted by atomic mass is 32.2. The number of hydrogen-bond acceptors (Lipinski definition) is 8. The summed E-state index contributed by atoms with van der Waals surface area (Å²) in [7, 11) is 0. The number of fused-ring (bicyclic) bond motifs is 1. The molecule has 1 amide bonds. The van der Waals surface area contributed by atoms with Gasteiger partial charge in [-0.15, -0.1) is 21.5 Å². The molecule has 0 spiro atoms. The standard InChI is InChI=1S/C29H22F3N5O3S2/c30-29(31,32)20-7-4-8-21(13-20)37-25(12-18-5-2-1-3-6-18)35-36-28(37)42-16-26-34-22(15-41-26)27(38)33-14-19-9-10-23-24(11-19)40-17-39-23/h1-11,13,15H,12,14,16-17H2,(H,33,38). The molecular weight excluding hydrogens is 587 g/mol. The van der Waals surface area contributed by atoms with Crippen LogP contribution < -0.4 is 14.8 Å². The van der Waals surface area contributed by atoms with E-state index in [1.807, 2.05) is 42.5 Å². The van der Waals surface area contributed by atoms with Crippen molar-refractivity contribution in [1.29, 1.82) is 0 Å². The lowest BCUT2D eigenvalue weighted by Gasteiger charge is -2.13. The summed E-state index contributed by atoms with van der Waals surface area (Å²) in [5, 5.41) is 14.2. The van der Waals surface area contributed by atoms with Crippen molar-refractivity contribution >= 4 is 29.0 Å². The maximum atomic E-state index is 13.5. The molecule has 6 rings (SSSR count). The molecule has 3 heterocycles. The number of thiazole rings is 1. The highest BCUT2D eigenvalue weighted by Gasteiger charge is 2.31. The number of thioether (sulfide) groups is 1. The van der Waals surface area contributed by atoms with Gasteiger partial charge in [-0.25, -0.2) is 4.98 Å². The Morgan fingerprint density at radius 2 is 1.81 bits per heavy atom. The highest BCUT2D eigenvalue weighted by Crippen LogP contribution is 2.34. The van der Waals surface area contributed by atoms with Crippen LogP contribution in [-0.2, 0) is 24.9 Å². The van der Waals surface area contributed by atoms with Crippen LogP contribution >= 0.6 is 23.1 Å². The summed E-state index contributed by atoms with van der Waals surface area (Å²) in [6.45, 7) is 0.469. The molecule has 42 heavy (non-hydrogen) atoms. The number of hydrogen-bond donors (Lipinski definition) is 1. The van der Waals surface area contributed by atoms with E-state index in [0.717, 1.165) is 23.3 Å². The molecule has 214 valence electrons. The Labute approximate surface area is 246 Å². The van der Waals surface area contributed by atoms with Gasteiger partial charge in [0.2, 0.25) is 6.79 Å². The van der Waals surface area contributed by atoms with Crippen LogP contribution in [0.5, 0.6) is 11.5 Å². The number of alkyl halides is 3. The lowest BCUT2D eigenvalue weighted by molar-refractivity contribution is -0.137. The van der Waals surface area contributed by atoms with Gasteiger partial charge in [-0.3, -0.25) is 9.36 Å². The molecule has 0 radical (unpaired) electrons. The van der Waals surface area contributed by atoms with Crippen molar-refractivity contribution in [1.82, 2.24) is 25.1 Å². The normalized spacial score (nSPS) is 12.5. The molecule has 13 heteroatoms. The van der Waals surface area contributed by atoms with E-state index in [-0.39, 0.29) is 18.4 Å². The quantitative estimate of drug-likeness (QED) is 0.197. The van der Waals surface area contributed by atoms with Crippen LogP contribution in [0.4, 0.5) is 13.2 Å². The number of amides is 1. The van der Waals surface area contributed by atoms with Crippen molar-refractivity contribution in [2.45, 2.75) is 30.1 Å². The molecule has 8 nitrogen and oxygen atoms in total. The van der Waals surface area contributed by atoms with Gasteiger partial charge in [0.25, 0.3) is 5.91 Å². The molecule has 0 saturated heterocycles. The average molecular weight is 610 g/mol. The smallest absolute Gasteiger partial charge is 0.416 e. The zero-order valence-electron chi connectivity index (χ0n) is 21.8. The number of carbonyl (C=O) groups excluding carboxylic acids is 1. The van der Waals surface area contributed by atoms with E-state index in [4.69, 9.17) is 9.47 Å². The third-order valence-electron chi connectivity index (χ3n) is 6.34. The first-order valence-electron chi connectivity index (χ1n) is 12.7. The van der Waals surface area contributed by atoms with E-state index in [1.54, 1.807) is 22.1 Å². The minimum absolute atomic E-state index is 0.176. The van der Waals surface area contributed by atoms with Gasteiger partial charge < -0.3 is 14.8 Å². The zero-order valence-corrected chi connectivity index (χ0v) is 23.4. The highest BCUT2D eigenvalue weighted by molar-refractivity contribution is 7.98. The van der Waals surface area contributed by atoms with Crippen molar-refractivity contribution in [2.24, 2.45) is 0 Å². The van der Waals surface area contributed by atoms with Gasteiger partial charge in [0.15, 0.2) is 16.7 Å². The fourth-order valence-corrected chi connectivity index (χ4v) is 6.06. The Morgan fingerprint density at radius 3 is 2.64 bits per heavy atom. The average Bonchev–Trinajstić information content (AvgIpc) is 3.75. The second-order valence-corrected chi connectivity index (χ2v) is 11.1. The van der Waals surface area contributed by atoms with Gasteiger partial charge >= 0.3 is 6.18 Å². The van der Waals surface area contributed by atoms with Crippen molar-refractivity contribution in [3.8, 4) is 17.2 Å². The Kier molecular flexibility index (Phi) is 7.85. The predicted octanol–water partition coefficient (Wildman–Crippen LogP) is 6.28. The third kappa shape index (κ3) is 6.26. The number of nitrogens with zero attached hydrogens (tertiary/aromatic N) is 4. The summed E-state index contributed by atoms with van der Waals surface area (Å²) < 4.78 is 52.8. The minimum Gasteiger partial charge on any atom is -0.454 e. The lowest BCUT2D eigenvalue weighted by Crippen LogP contribution is -2.23. The van der Waals surface area contributed by atoms with E-state index in [0.29, 0.717) is 51.9 Å². The second kappa shape index (κ2) is 11.9. The molecule has 1 aliphatic heterocycles. The summed E-state index contributed by atoms with van der Waals surface area (Å²) in [5.74, 6) is 1.84. The third-order valence-corrected chi connectivity index (χ3v) is 8.31. The first-order valence-corrected chi connectivity index (χ1v) is 14.6. The second-order valence-electron chi connectivity index (χ2n) is 9.23. The summed E-state index contributed by atoms with van der Waals surface area (Å²) >= 11 is 2.60. The molecule has 0 unspecified atom stereocenters. The predicted molar refractivity (Wildman–Crippen MR) is 151 cm³/mol. The number of benzene rings is 3. The number of halogens is 3. The number of aromatic nitrogens is 4. The van der Waals surface area contributed by atoms with Crippen molar-refractivity contribution in [3.05, 3.63) is 111 Å². The van der Waals surface area contributed by atoms with E-state index in [9.17, 15) is 18.0 Å². The number of ether oxygens (including phenoxy) is 2. The molecule has 5 aromatic rings. The van der Waals surface area contributed by atoms with Crippen molar-refractivity contribution < 1.29 is 27.4 Å². The van der Waals surface area contributed by atoms with E-state index >= 15 is 0 Å². The van der Waals surface area contributed by atoms with Crippen molar-refractivity contribution in [3.63, 3.8) is 0 Å². The molecule has 1 N–H and O–H groups in total. The molecular formula is C29H22F3N5O3S2. The Bertz CT molecular complexity index is 1720. The Morgan fingerprint density at radius 1 is 0.976 bits per heavy atom. The molecule has 3 aromatic carbocycles. The largest absolute Gasteiger partial charge is 0.454 e. The summed E-state index contributed by atoms with van der Waals surface area (Å²) in [4.78, 5) is 17.2. The zero-order chi connectivity index (χ0) is 29.1. The van der Waals surface area contributed by atoms with Crippen LogP contribution in [0.3, 0.4) is 0 Å². The topological polar surface area (TPSA) is 91.2 Å². The molecule has 0 fully saturated rings. The summed E-state index contributed by atoms with van der Waals surface area (Å²) in [6, 6.07) is 20.1. The maximum absolute atomic E-state index is 13.5. The first-order chi connectivity index (χ1) is 20.3. The van der Waals surface area contributed by atoms with Gasteiger partial charge in [-0.05, 0) is 41.5 Å². The lowest BCUT2D eigenvalue weighted by atomic mass is 10.1. The van der Waals surface area contributed by atoms with Gasteiger partial charge in [0, 0.05) is 18.3 Å². The number of rotatable bonds is 9. The molecule has 2 aromatic heterocycles. The van der Waals surface area contributed by atoms with E-state index < -0.39 is 11.7 Å². The van der Waals surface area contributed by atoms with Gasteiger partial charge in [-0.1, -0.05) is 54.2 Å². The van der Waals surface area contributed by atoms with Crippen LogP contribution in [-0.4, -0.2) is 32.4 Å². The molecule has 0 saturated carbocycles. The van der Waals surface area contributed by atoms with Gasteiger partial charge in [-0.2, -0.15) is 13.2 Å². The molecule has 1 aliphatic rings. The SMILES string of the molecule is O=C(NCc1ccc2c(c1)OCO2)c1csc(CSc2nnc(Cc3ccccc3)n2-c2cccc(C(F)(F)F)c2)n1. The Hall–Kier alpha value is -4.36. The van der Waals surface area contributed by atoms with Crippen LogP contribution in [0.25, 0.3) is 5.69 Å². The minimum atomic E-state index is -4.49. The monoisotopic (exact) mass is 609 g/mol. The Balaban J connectivity index is 1.17. The summed E-state index contributed by atoms with van der Waals surface area (Å²) in [5.41, 5.74) is 1.64. The fourth-order valence-electron chi connectivity index (χ4n) is 4.30. The molecule has 0 bridgehead atoms. The number of carbonyl (C=O) groups is 1. The van der Waals surface area contributed by atoms with Crippen LogP contribution in [0, 0.1) is 0 Å². The first kappa shape index (κ1) is 27.8. The summed E-state index contributed by atoms with van der Waals surface area (Å²) in [6.07, 6.45) is -4.10. The molecule has 0 atom stereocenters. The van der Waals surface area contributed by atoms with Crippen LogP contribution in [0.2, 0.25) is 0 Å². The van der Waals surface area contributed by atoms with Gasteiger partial charge in [0.05, 0.1) is 17.0 Å². The fraction of sp³-hybridized carbons (Fsp3) is 0.172. The maximum Gasteiger partial charge on any atom is 0.416 e. The van der Waals surface area contributed by atoms with Gasteiger partial charge in [0.1, 0.15) is 16.5 Å². The van der Waals surface area contributed by atoms with Crippen LogP contribution in [0.15, 0.2) is 83.3 Å². The number of nitrogens with one attached hydrogen (secondary N) is 1. The molecule has 0 aliphatic carbocycles.